The molecule has 4 nitrogen and oxygen atoms in total. The summed E-state index contributed by atoms with van der Waals surface area (Å²) in [5.41, 5.74) is 1.69. The van der Waals surface area contributed by atoms with Gasteiger partial charge in [-0.05, 0) is 38.8 Å². The number of rotatable bonds is 2. The first-order valence-electron chi connectivity index (χ1n) is 6.96. The molecule has 1 atom stereocenters. The SMILES string of the molecule is C=CCC1c2cccnc2CCN1C(=O)OC(C)(C)C. The zero-order chi connectivity index (χ0) is 14.8. The van der Waals surface area contributed by atoms with E-state index in [4.69, 9.17) is 4.74 Å². The van der Waals surface area contributed by atoms with Crippen LogP contribution in [0.1, 0.15) is 44.5 Å². The first-order valence-corrected chi connectivity index (χ1v) is 6.96. The van der Waals surface area contributed by atoms with Gasteiger partial charge in [0.25, 0.3) is 0 Å². The minimum absolute atomic E-state index is 0.0280. The van der Waals surface area contributed by atoms with E-state index < -0.39 is 5.60 Å². The van der Waals surface area contributed by atoms with E-state index in [2.05, 4.69) is 11.6 Å². The van der Waals surface area contributed by atoms with Gasteiger partial charge in [-0.25, -0.2) is 4.79 Å². The second-order valence-electron chi connectivity index (χ2n) is 6.00. The molecule has 2 heterocycles. The van der Waals surface area contributed by atoms with Crippen molar-refractivity contribution in [3.8, 4) is 0 Å². The molecule has 0 fully saturated rings. The lowest BCUT2D eigenvalue weighted by atomic mass is 9.95. The van der Waals surface area contributed by atoms with Gasteiger partial charge in [-0.3, -0.25) is 4.98 Å². The summed E-state index contributed by atoms with van der Waals surface area (Å²) in [7, 11) is 0. The molecule has 0 bridgehead atoms. The van der Waals surface area contributed by atoms with Crippen LogP contribution >= 0.6 is 0 Å². The van der Waals surface area contributed by atoms with Crippen LogP contribution in [0, 0.1) is 0 Å². The summed E-state index contributed by atoms with van der Waals surface area (Å²) in [4.78, 5) is 18.6. The molecule has 1 aromatic heterocycles. The van der Waals surface area contributed by atoms with Crippen molar-refractivity contribution in [2.45, 2.75) is 45.3 Å². The highest BCUT2D eigenvalue weighted by Gasteiger charge is 2.33. The van der Waals surface area contributed by atoms with E-state index in [1.54, 1.807) is 11.1 Å². The molecule has 108 valence electrons. The molecule has 4 heteroatoms. The van der Waals surface area contributed by atoms with Crippen molar-refractivity contribution in [2.75, 3.05) is 6.54 Å². The van der Waals surface area contributed by atoms with Crippen molar-refractivity contribution in [2.24, 2.45) is 0 Å². The molecule has 20 heavy (non-hydrogen) atoms. The molecular formula is C16H22N2O2. The first kappa shape index (κ1) is 14.6. The van der Waals surface area contributed by atoms with Crippen LogP contribution in [0.3, 0.4) is 0 Å². The van der Waals surface area contributed by atoms with Crippen LogP contribution in [-0.2, 0) is 11.2 Å². The Morgan fingerprint density at radius 2 is 2.35 bits per heavy atom. The fourth-order valence-corrected chi connectivity index (χ4v) is 2.46. The van der Waals surface area contributed by atoms with Crippen molar-refractivity contribution in [3.63, 3.8) is 0 Å². The monoisotopic (exact) mass is 274 g/mol. The number of pyridine rings is 1. The fourth-order valence-electron chi connectivity index (χ4n) is 2.46. The van der Waals surface area contributed by atoms with E-state index in [0.29, 0.717) is 13.0 Å². The van der Waals surface area contributed by atoms with Gasteiger partial charge in [0, 0.05) is 24.9 Å². The van der Waals surface area contributed by atoms with Crippen molar-refractivity contribution < 1.29 is 9.53 Å². The number of carbonyl (C=O) groups is 1. The molecule has 0 radical (unpaired) electrons. The Hall–Kier alpha value is -1.84. The van der Waals surface area contributed by atoms with E-state index in [9.17, 15) is 4.79 Å². The van der Waals surface area contributed by atoms with Crippen molar-refractivity contribution in [1.82, 2.24) is 9.88 Å². The molecule has 1 aliphatic heterocycles. The van der Waals surface area contributed by atoms with Crippen molar-refractivity contribution in [1.29, 1.82) is 0 Å². The molecule has 0 N–H and O–H groups in total. The van der Waals surface area contributed by atoms with Crippen LogP contribution in [0.4, 0.5) is 4.79 Å². The Labute approximate surface area is 120 Å². The quantitative estimate of drug-likeness (QED) is 0.775. The summed E-state index contributed by atoms with van der Waals surface area (Å²) in [6.45, 7) is 10.1. The fraction of sp³-hybridized carbons (Fsp3) is 0.500. The molecule has 0 aromatic carbocycles. The molecule has 0 saturated heterocycles. The predicted molar refractivity (Wildman–Crippen MR) is 78.4 cm³/mol. The van der Waals surface area contributed by atoms with Crippen molar-refractivity contribution in [3.05, 3.63) is 42.2 Å². The topological polar surface area (TPSA) is 42.4 Å². The number of aromatic nitrogens is 1. The minimum Gasteiger partial charge on any atom is -0.444 e. The van der Waals surface area contributed by atoms with Crippen LogP contribution in [0.2, 0.25) is 0 Å². The van der Waals surface area contributed by atoms with E-state index in [1.807, 2.05) is 39.0 Å². The molecule has 2 rings (SSSR count). The Bertz CT molecular complexity index is 505. The van der Waals surface area contributed by atoms with Crippen LogP contribution in [0.25, 0.3) is 0 Å². The Morgan fingerprint density at radius 1 is 1.60 bits per heavy atom. The molecule has 1 aliphatic rings. The highest BCUT2D eigenvalue weighted by molar-refractivity contribution is 5.69. The van der Waals surface area contributed by atoms with Crippen LogP contribution < -0.4 is 0 Å². The highest BCUT2D eigenvalue weighted by Crippen LogP contribution is 2.32. The van der Waals surface area contributed by atoms with Gasteiger partial charge < -0.3 is 9.64 Å². The first-order chi connectivity index (χ1) is 9.42. The third kappa shape index (κ3) is 3.18. The summed E-state index contributed by atoms with van der Waals surface area (Å²) in [5.74, 6) is 0. The van der Waals surface area contributed by atoms with Gasteiger partial charge in [-0.2, -0.15) is 0 Å². The zero-order valence-corrected chi connectivity index (χ0v) is 12.4. The van der Waals surface area contributed by atoms with Gasteiger partial charge in [0.15, 0.2) is 0 Å². The summed E-state index contributed by atoms with van der Waals surface area (Å²) in [6, 6.07) is 3.92. The second kappa shape index (κ2) is 5.65. The predicted octanol–water partition coefficient (Wildman–Crippen LogP) is 3.49. The van der Waals surface area contributed by atoms with Crippen LogP contribution in [0.5, 0.6) is 0 Å². The standard InChI is InChI=1S/C16H22N2O2/c1-5-7-14-12-8-6-10-17-13(12)9-11-18(14)15(19)20-16(2,3)4/h5-6,8,10,14H,1,7,9,11H2,2-4H3. The lowest BCUT2D eigenvalue weighted by Gasteiger charge is -2.37. The Kier molecular flexibility index (Phi) is 4.12. The van der Waals surface area contributed by atoms with Gasteiger partial charge in [-0.1, -0.05) is 12.1 Å². The summed E-state index contributed by atoms with van der Waals surface area (Å²) < 4.78 is 5.50. The summed E-state index contributed by atoms with van der Waals surface area (Å²) in [6.07, 6.45) is 4.84. The zero-order valence-electron chi connectivity index (χ0n) is 12.4. The van der Waals surface area contributed by atoms with E-state index in [-0.39, 0.29) is 12.1 Å². The third-order valence-electron chi connectivity index (χ3n) is 3.27. The number of amides is 1. The van der Waals surface area contributed by atoms with Crippen molar-refractivity contribution >= 4 is 6.09 Å². The van der Waals surface area contributed by atoms with E-state index in [0.717, 1.165) is 17.7 Å². The van der Waals surface area contributed by atoms with Gasteiger partial charge in [0.05, 0.1) is 6.04 Å². The lowest BCUT2D eigenvalue weighted by molar-refractivity contribution is 0.0142. The number of hydrogen-bond donors (Lipinski definition) is 0. The summed E-state index contributed by atoms with van der Waals surface area (Å²) in [5, 5.41) is 0. The van der Waals surface area contributed by atoms with Crippen LogP contribution in [-0.4, -0.2) is 28.1 Å². The maximum atomic E-state index is 12.4. The second-order valence-corrected chi connectivity index (χ2v) is 6.00. The Morgan fingerprint density at radius 3 is 3.00 bits per heavy atom. The van der Waals surface area contributed by atoms with E-state index in [1.165, 1.54) is 0 Å². The molecule has 1 unspecified atom stereocenters. The molecule has 0 saturated carbocycles. The Balaban J connectivity index is 2.26. The normalized spacial score (nSPS) is 18.4. The summed E-state index contributed by atoms with van der Waals surface area (Å²) >= 11 is 0. The molecular weight excluding hydrogens is 252 g/mol. The lowest BCUT2D eigenvalue weighted by Crippen LogP contribution is -2.43. The smallest absolute Gasteiger partial charge is 0.410 e. The van der Waals surface area contributed by atoms with Gasteiger partial charge in [0.1, 0.15) is 5.60 Å². The largest absolute Gasteiger partial charge is 0.444 e. The number of nitrogens with zero attached hydrogens (tertiary/aromatic N) is 2. The molecule has 1 aromatic rings. The number of hydrogen-bond acceptors (Lipinski definition) is 3. The average Bonchev–Trinajstić information content (AvgIpc) is 2.37. The minimum atomic E-state index is -0.481. The van der Waals surface area contributed by atoms with Gasteiger partial charge in [0.2, 0.25) is 0 Å². The van der Waals surface area contributed by atoms with Gasteiger partial charge >= 0.3 is 6.09 Å². The van der Waals surface area contributed by atoms with Gasteiger partial charge in [-0.15, -0.1) is 6.58 Å². The van der Waals surface area contributed by atoms with E-state index >= 15 is 0 Å². The highest BCUT2D eigenvalue weighted by atomic mass is 16.6. The number of fused-ring (bicyclic) bond motifs is 1. The maximum absolute atomic E-state index is 12.4. The molecule has 0 spiro atoms. The van der Waals surface area contributed by atoms with Crippen LogP contribution in [0.15, 0.2) is 31.0 Å². The number of ether oxygens (including phenoxy) is 1. The molecule has 0 aliphatic carbocycles. The molecule has 1 amide bonds. The maximum Gasteiger partial charge on any atom is 0.410 e. The average molecular weight is 274 g/mol. The third-order valence-corrected chi connectivity index (χ3v) is 3.27. The number of carbonyl (C=O) groups excluding carboxylic acids is 1.